The lowest BCUT2D eigenvalue weighted by atomic mass is 10.1. The smallest absolute Gasteiger partial charge is 0.218 e. The molecule has 0 saturated heterocycles. The normalized spacial score (nSPS) is 9.92. The van der Waals surface area contributed by atoms with Gasteiger partial charge >= 0.3 is 0 Å². The summed E-state index contributed by atoms with van der Waals surface area (Å²) in [4.78, 5) is 11.0. The molecule has 0 amide bonds. The number of carbonyl (C=O) groups is 1. The Labute approximate surface area is 81.1 Å². The van der Waals surface area contributed by atoms with E-state index in [4.69, 9.17) is 17.3 Å². The zero-order chi connectivity index (χ0) is 9.30. The van der Waals surface area contributed by atoms with Gasteiger partial charge in [0, 0.05) is 0 Å². The highest BCUT2D eigenvalue weighted by Crippen LogP contribution is 2.27. The van der Waals surface area contributed by atoms with Gasteiger partial charge in [-0.15, -0.1) is 12.6 Å². The molecule has 4 heteroatoms. The van der Waals surface area contributed by atoms with E-state index in [1.807, 2.05) is 0 Å². The van der Waals surface area contributed by atoms with Gasteiger partial charge in [-0.05, 0) is 18.6 Å². The van der Waals surface area contributed by atoms with Gasteiger partial charge < -0.3 is 5.73 Å². The van der Waals surface area contributed by atoms with E-state index in [1.54, 1.807) is 19.1 Å². The molecule has 64 valence electrons. The molecule has 2 N–H and O–H groups in total. The standard InChI is InChI=1S/C8H8ClNOS/c1-4-2-3-5(10)7(9)6(4)8(11)12/h2-3H,10H2,1H3,(H,11,12). The molecular weight excluding hydrogens is 194 g/mol. The summed E-state index contributed by atoms with van der Waals surface area (Å²) in [6.07, 6.45) is 0. The lowest BCUT2D eigenvalue weighted by Crippen LogP contribution is -1.98. The Balaban J connectivity index is 3.43. The van der Waals surface area contributed by atoms with Crippen molar-refractivity contribution in [1.29, 1.82) is 0 Å². The number of hydrogen-bond acceptors (Lipinski definition) is 2. The third-order valence-electron chi connectivity index (χ3n) is 1.59. The van der Waals surface area contributed by atoms with Crippen LogP contribution in [0.2, 0.25) is 5.02 Å². The summed E-state index contributed by atoms with van der Waals surface area (Å²) in [5, 5.41) is -0.0696. The Kier molecular flexibility index (Phi) is 2.65. The van der Waals surface area contributed by atoms with E-state index in [9.17, 15) is 4.79 Å². The molecule has 0 atom stereocenters. The third-order valence-corrected chi connectivity index (χ3v) is 2.22. The fourth-order valence-corrected chi connectivity index (χ4v) is 1.60. The second-order valence-corrected chi connectivity index (χ2v) is 3.25. The van der Waals surface area contributed by atoms with Gasteiger partial charge in [-0.3, -0.25) is 4.79 Å². The van der Waals surface area contributed by atoms with Crippen LogP contribution in [0.4, 0.5) is 5.69 Å². The molecule has 0 aromatic heterocycles. The molecule has 1 aromatic carbocycles. The Hall–Kier alpha value is -0.670. The highest BCUT2D eigenvalue weighted by molar-refractivity contribution is 7.97. The van der Waals surface area contributed by atoms with Gasteiger partial charge in [-0.1, -0.05) is 17.7 Å². The van der Waals surface area contributed by atoms with E-state index in [1.165, 1.54) is 0 Å². The molecule has 0 fully saturated rings. The first-order valence-electron chi connectivity index (χ1n) is 3.32. The van der Waals surface area contributed by atoms with Crippen LogP contribution >= 0.6 is 24.2 Å². The number of benzene rings is 1. The molecule has 0 heterocycles. The van der Waals surface area contributed by atoms with Crippen molar-refractivity contribution in [3.8, 4) is 0 Å². The maximum absolute atomic E-state index is 11.0. The number of nitrogen functional groups attached to an aromatic ring is 1. The van der Waals surface area contributed by atoms with Crippen molar-refractivity contribution in [3.63, 3.8) is 0 Å². The minimum atomic E-state index is -0.357. The lowest BCUT2D eigenvalue weighted by Gasteiger charge is -2.05. The van der Waals surface area contributed by atoms with Crippen LogP contribution in [0.1, 0.15) is 15.9 Å². The first-order chi connectivity index (χ1) is 5.54. The summed E-state index contributed by atoms with van der Waals surface area (Å²) < 4.78 is 0. The van der Waals surface area contributed by atoms with Gasteiger partial charge in [-0.25, -0.2) is 0 Å². The molecular formula is C8H8ClNOS. The monoisotopic (exact) mass is 201 g/mol. The van der Waals surface area contributed by atoms with E-state index < -0.39 is 0 Å². The van der Waals surface area contributed by atoms with Crippen LogP contribution < -0.4 is 5.73 Å². The average Bonchev–Trinajstić information content (AvgIpc) is 1.97. The molecule has 1 rings (SSSR count). The van der Waals surface area contributed by atoms with E-state index in [0.717, 1.165) is 5.56 Å². The molecule has 0 radical (unpaired) electrons. The molecule has 0 spiro atoms. The number of hydrogen-bond donors (Lipinski definition) is 2. The maximum Gasteiger partial charge on any atom is 0.218 e. The zero-order valence-electron chi connectivity index (χ0n) is 6.47. The summed E-state index contributed by atoms with van der Waals surface area (Å²) in [6, 6.07) is 3.41. The fourth-order valence-electron chi connectivity index (χ4n) is 0.951. The Morgan fingerprint density at radius 1 is 1.58 bits per heavy atom. The van der Waals surface area contributed by atoms with Crippen LogP contribution in [-0.2, 0) is 0 Å². The van der Waals surface area contributed by atoms with Gasteiger partial charge in [0.15, 0.2) is 0 Å². The second kappa shape index (κ2) is 3.37. The second-order valence-electron chi connectivity index (χ2n) is 2.47. The predicted molar refractivity (Wildman–Crippen MR) is 53.9 cm³/mol. The number of nitrogens with two attached hydrogens (primary N) is 1. The van der Waals surface area contributed by atoms with Crippen molar-refractivity contribution in [1.82, 2.24) is 0 Å². The van der Waals surface area contributed by atoms with Crippen LogP contribution in [0.25, 0.3) is 0 Å². The molecule has 0 bridgehead atoms. The van der Waals surface area contributed by atoms with Crippen LogP contribution in [0.5, 0.6) is 0 Å². The molecule has 12 heavy (non-hydrogen) atoms. The SMILES string of the molecule is Cc1ccc(N)c(Cl)c1C(=O)S. The summed E-state index contributed by atoms with van der Waals surface area (Å²) in [6.45, 7) is 1.79. The average molecular weight is 202 g/mol. The molecule has 1 aromatic rings. The highest BCUT2D eigenvalue weighted by Gasteiger charge is 2.11. The van der Waals surface area contributed by atoms with Crippen molar-refractivity contribution in [2.75, 3.05) is 5.73 Å². The number of rotatable bonds is 1. The first kappa shape index (κ1) is 9.42. The predicted octanol–water partition coefficient (Wildman–Crippen LogP) is 2.30. The molecule has 0 unspecified atom stereocenters. The Morgan fingerprint density at radius 2 is 2.17 bits per heavy atom. The van der Waals surface area contributed by atoms with E-state index in [-0.39, 0.29) is 10.1 Å². The van der Waals surface area contributed by atoms with E-state index in [2.05, 4.69) is 12.6 Å². The zero-order valence-corrected chi connectivity index (χ0v) is 8.12. The van der Waals surface area contributed by atoms with Gasteiger partial charge in [0.2, 0.25) is 5.12 Å². The summed E-state index contributed by atoms with van der Waals surface area (Å²) in [5.74, 6) is 0. The topological polar surface area (TPSA) is 43.1 Å². The maximum atomic E-state index is 11.0. The van der Waals surface area contributed by atoms with Gasteiger partial charge in [-0.2, -0.15) is 0 Å². The van der Waals surface area contributed by atoms with Gasteiger partial charge in [0.05, 0.1) is 16.3 Å². The Bertz CT molecular complexity index is 338. The first-order valence-corrected chi connectivity index (χ1v) is 4.14. The number of thiol groups is 1. The minimum Gasteiger partial charge on any atom is -0.398 e. The lowest BCUT2D eigenvalue weighted by molar-refractivity contribution is 0.109. The van der Waals surface area contributed by atoms with Crippen molar-refractivity contribution in [2.45, 2.75) is 6.92 Å². The molecule has 0 aliphatic rings. The minimum absolute atomic E-state index is 0.287. The molecule has 0 aliphatic heterocycles. The van der Waals surface area contributed by atoms with Crippen LogP contribution in [-0.4, -0.2) is 5.12 Å². The van der Waals surface area contributed by atoms with Crippen molar-refractivity contribution in [2.24, 2.45) is 0 Å². The van der Waals surface area contributed by atoms with Gasteiger partial charge in [0.25, 0.3) is 0 Å². The van der Waals surface area contributed by atoms with Crippen LogP contribution in [0.15, 0.2) is 12.1 Å². The van der Waals surface area contributed by atoms with Crippen molar-refractivity contribution >= 4 is 35.0 Å². The van der Waals surface area contributed by atoms with E-state index in [0.29, 0.717) is 11.3 Å². The quantitative estimate of drug-likeness (QED) is 0.541. The fraction of sp³-hybridized carbons (Fsp3) is 0.125. The van der Waals surface area contributed by atoms with Crippen molar-refractivity contribution in [3.05, 3.63) is 28.3 Å². The van der Waals surface area contributed by atoms with Crippen LogP contribution in [0, 0.1) is 6.92 Å². The summed E-state index contributed by atoms with van der Waals surface area (Å²) in [5.41, 5.74) is 7.09. The summed E-state index contributed by atoms with van der Waals surface area (Å²) >= 11 is 9.49. The van der Waals surface area contributed by atoms with E-state index >= 15 is 0 Å². The largest absolute Gasteiger partial charge is 0.398 e. The summed E-state index contributed by atoms with van der Waals surface area (Å²) in [7, 11) is 0. The molecule has 2 nitrogen and oxygen atoms in total. The number of carbonyl (C=O) groups excluding carboxylic acids is 1. The number of aryl methyl sites for hydroxylation is 1. The number of anilines is 1. The Morgan fingerprint density at radius 3 is 2.58 bits per heavy atom. The molecule has 0 aliphatic carbocycles. The third kappa shape index (κ3) is 1.57. The van der Waals surface area contributed by atoms with Crippen LogP contribution in [0.3, 0.4) is 0 Å². The molecule has 0 saturated carbocycles. The highest BCUT2D eigenvalue weighted by atomic mass is 35.5. The van der Waals surface area contributed by atoms with Crippen molar-refractivity contribution < 1.29 is 4.79 Å². The number of halogens is 1. The van der Waals surface area contributed by atoms with Gasteiger partial charge in [0.1, 0.15) is 0 Å².